The van der Waals surface area contributed by atoms with Gasteiger partial charge in [-0.2, -0.15) is 0 Å². The van der Waals surface area contributed by atoms with Crippen molar-refractivity contribution in [2.45, 2.75) is 0 Å². The van der Waals surface area contributed by atoms with Crippen LogP contribution >= 0.6 is 0 Å². The van der Waals surface area contributed by atoms with Crippen LogP contribution in [0.15, 0.2) is 55.0 Å². The van der Waals surface area contributed by atoms with Gasteiger partial charge in [-0.25, -0.2) is 4.79 Å². The minimum absolute atomic E-state index is 0.221. The molecule has 0 radical (unpaired) electrons. The fourth-order valence-corrected chi connectivity index (χ4v) is 1.70. The Morgan fingerprint density at radius 3 is 2.62 bits per heavy atom. The average molecular weight is 214 g/mol. The van der Waals surface area contributed by atoms with Crippen molar-refractivity contribution in [1.29, 1.82) is 0 Å². The maximum Gasteiger partial charge on any atom is 0.336 e. The first-order chi connectivity index (χ1) is 7.75. The molecule has 0 saturated carbocycles. The maximum absolute atomic E-state index is 11.7. The van der Waals surface area contributed by atoms with Gasteiger partial charge in [0.15, 0.2) is 11.0 Å². The summed E-state index contributed by atoms with van der Waals surface area (Å²) in [5.41, 5.74) is -0.0156. The predicted molar refractivity (Wildman–Crippen MR) is 58.5 cm³/mol. The second kappa shape index (κ2) is 3.06. The molecule has 3 rings (SSSR count). The van der Waals surface area contributed by atoms with Crippen LogP contribution in [0.3, 0.4) is 0 Å². The van der Waals surface area contributed by atoms with Gasteiger partial charge in [0.2, 0.25) is 0 Å². The summed E-state index contributed by atoms with van der Waals surface area (Å²) in [4.78, 5) is 22.8. The second-order valence-electron chi connectivity index (χ2n) is 3.40. The molecule has 2 aromatic heterocycles. The van der Waals surface area contributed by atoms with Crippen LogP contribution in [0.25, 0.3) is 21.9 Å². The fourth-order valence-electron chi connectivity index (χ4n) is 1.70. The van der Waals surface area contributed by atoms with Crippen molar-refractivity contribution in [2.24, 2.45) is 0 Å². The van der Waals surface area contributed by atoms with E-state index >= 15 is 0 Å². The van der Waals surface area contributed by atoms with Crippen LogP contribution in [0.5, 0.6) is 0 Å². The van der Waals surface area contributed by atoms with Crippen molar-refractivity contribution in [2.75, 3.05) is 0 Å². The van der Waals surface area contributed by atoms with Crippen LogP contribution in [-0.2, 0) is 0 Å². The van der Waals surface area contributed by atoms with E-state index in [-0.39, 0.29) is 11.0 Å². The standard InChI is InChI=1S/C12H6O4/c13-8-5-6-15-9-3-1-7-2-4-10(14)16-12(7)11(8)9/h1-6H. The molecule has 0 spiro atoms. The quantitative estimate of drug-likeness (QED) is 0.423. The third-order valence-electron chi connectivity index (χ3n) is 2.41. The van der Waals surface area contributed by atoms with Crippen molar-refractivity contribution < 1.29 is 8.83 Å². The molecule has 4 heteroatoms. The molecule has 2 heterocycles. The topological polar surface area (TPSA) is 60.4 Å². The molecule has 0 atom stereocenters. The molecule has 0 aliphatic carbocycles. The predicted octanol–water partition coefficient (Wildman–Crippen LogP) is 1.90. The van der Waals surface area contributed by atoms with Crippen LogP contribution in [0.1, 0.15) is 0 Å². The molecule has 0 amide bonds. The van der Waals surface area contributed by atoms with Gasteiger partial charge in [-0.3, -0.25) is 4.79 Å². The Hall–Kier alpha value is -2.36. The van der Waals surface area contributed by atoms with Crippen molar-refractivity contribution in [3.63, 3.8) is 0 Å². The van der Waals surface area contributed by atoms with Crippen molar-refractivity contribution in [3.8, 4) is 0 Å². The zero-order valence-corrected chi connectivity index (χ0v) is 8.10. The van der Waals surface area contributed by atoms with E-state index in [2.05, 4.69) is 0 Å². The Morgan fingerprint density at radius 2 is 1.75 bits per heavy atom. The summed E-state index contributed by atoms with van der Waals surface area (Å²) < 4.78 is 10.2. The van der Waals surface area contributed by atoms with E-state index in [9.17, 15) is 9.59 Å². The summed E-state index contributed by atoms with van der Waals surface area (Å²) in [6, 6.07) is 7.66. The summed E-state index contributed by atoms with van der Waals surface area (Å²) in [6.07, 6.45) is 1.32. The van der Waals surface area contributed by atoms with Gasteiger partial charge < -0.3 is 8.83 Å². The van der Waals surface area contributed by atoms with Crippen LogP contribution in [0, 0.1) is 0 Å². The van der Waals surface area contributed by atoms with Crippen LogP contribution in [-0.4, -0.2) is 0 Å². The van der Waals surface area contributed by atoms with Gasteiger partial charge >= 0.3 is 5.63 Å². The normalized spacial score (nSPS) is 11.0. The Kier molecular flexibility index (Phi) is 1.71. The average Bonchev–Trinajstić information content (AvgIpc) is 2.28. The number of benzene rings is 1. The van der Waals surface area contributed by atoms with Gasteiger partial charge in [0.1, 0.15) is 11.0 Å². The summed E-state index contributed by atoms with van der Waals surface area (Å²) in [5, 5.41) is 1.00. The van der Waals surface area contributed by atoms with E-state index in [0.717, 1.165) is 0 Å². The van der Waals surface area contributed by atoms with Gasteiger partial charge in [-0.15, -0.1) is 0 Å². The highest BCUT2D eigenvalue weighted by molar-refractivity contribution is 6.01. The monoisotopic (exact) mass is 214 g/mol. The lowest BCUT2D eigenvalue weighted by Gasteiger charge is -1.99. The van der Waals surface area contributed by atoms with Gasteiger partial charge in [-0.1, -0.05) is 0 Å². The Balaban J connectivity index is 2.72. The molecule has 0 aliphatic rings. The highest BCUT2D eigenvalue weighted by Crippen LogP contribution is 2.20. The van der Waals surface area contributed by atoms with Crippen molar-refractivity contribution in [1.82, 2.24) is 0 Å². The van der Waals surface area contributed by atoms with Crippen LogP contribution < -0.4 is 11.1 Å². The van der Waals surface area contributed by atoms with Gasteiger partial charge in [0.25, 0.3) is 0 Å². The zero-order chi connectivity index (χ0) is 11.1. The lowest BCUT2D eigenvalue weighted by atomic mass is 10.1. The molecule has 4 nitrogen and oxygen atoms in total. The minimum Gasteiger partial charge on any atom is -0.464 e. The number of fused-ring (bicyclic) bond motifs is 3. The first kappa shape index (κ1) is 8.91. The number of hydrogen-bond acceptors (Lipinski definition) is 4. The molecule has 0 saturated heterocycles. The minimum atomic E-state index is -0.483. The van der Waals surface area contributed by atoms with Gasteiger partial charge in [0, 0.05) is 17.5 Å². The van der Waals surface area contributed by atoms with Crippen molar-refractivity contribution >= 4 is 21.9 Å². The second-order valence-corrected chi connectivity index (χ2v) is 3.40. The van der Waals surface area contributed by atoms with Gasteiger partial charge in [0.05, 0.1) is 6.26 Å². The fraction of sp³-hybridized carbons (Fsp3) is 0. The Bertz CT molecular complexity index is 795. The summed E-state index contributed by atoms with van der Waals surface area (Å²) >= 11 is 0. The number of rotatable bonds is 0. The molecule has 0 fully saturated rings. The smallest absolute Gasteiger partial charge is 0.336 e. The summed E-state index contributed by atoms with van der Waals surface area (Å²) in [7, 11) is 0. The summed E-state index contributed by atoms with van der Waals surface area (Å²) in [5.74, 6) is 0. The Labute approximate surface area is 88.7 Å². The van der Waals surface area contributed by atoms with E-state index in [1.807, 2.05) is 0 Å². The van der Waals surface area contributed by atoms with E-state index in [1.54, 1.807) is 18.2 Å². The van der Waals surface area contributed by atoms with Crippen molar-refractivity contribution in [3.05, 3.63) is 57.2 Å². The molecule has 0 aliphatic heterocycles. The molecule has 0 unspecified atom stereocenters. The van der Waals surface area contributed by atoms with Crippen LogP contribution in [0.4, 0.5) is 0 Å². The zero-order valence-electron chi connectivity index (χ0n) is 8.10. The first-order valence-electron chi connectivity index (χ1n) is 4.70. The highest BCUT2D eigenvalue weighted by atomic mass is 16.4. The van der Waals surface area contributed by atoms with E-state index < -0.39 is 5.63 Å². The largest absolute Gasteiger partial charge is 0.464 e. The SMILES string of the molecule is O=c1ccc2ccc3occc(=O)c3c2o1. The van der Waals surface area contributed by atoms with Gasteiger partial charge in [-0.05, 0) is 18.2 Å². The first-order valence-corrected chi connectivity index (χ1v) is 4.70. The molecule has 78 valence electrons. The molecular weight excluding hydrogens is 208 g/mol. The molecular formula is C12H6O4. The molecule has 16 heavy (non-hydrogen) atoms. The van der Waals surface area contributed by atoms with E-state index in [0.29, 0.717) is 16.4 Å². The molecule has 3 aromatic rings. The molecule has 1 aromatic carbocycles. The summed E-state index contributed by atoms with van der Waals surface area (Å²) in [6.45, 7) is 0. The number of hydrogen-bond donors (Lipinski definition) is 0. The third kappa shape index (κ3) is 1.16. The molecule has 0 N–H and O–H groups in total. The highest BCUT2D eigenvalue weighted by Gasteiger charge is 2.07. The maximum atomic E-state index is 11.7. The molecule has 0 bridgehead atoms. The third-order valence-corrected chi connectivity index (χ3v) is 2.41. The lowest BCUT2D eigenvalue weighted by molar-refractivity contribution is 0.561. The van der Waals surface area contributed by atoms with Crippen LogP contribution in [0.2, 0.25) is 0 Å². The van der Waals surface area contributed by atoms with E-state index in [1.165, 1.54) is 18.4 Å². The lowest BCUT2D eigenvalue weighted by Crippen LogP contribution is -2.01. The Morgan fingerprint density at radius 1 is 0.938 bits per heavy atom. The van der Waals surface area contributed by atoms with E-state index in [4.69, 9.17) is 8.83 Å².